The van der Waals surface area contributed by atoms with Gasteiger partial charge in [0.15, 0.2) is 0 Å². The quantitative estimate of drug-likeness (QED) is 0.741. The Labute approximate surface area is 82.1 Å². The first kappa shape index (κ1) is 9.05. The van der Waals surface area contributed by atoms with Crippen molar-refractivity contribution in [1.82, 2.24) is 10.1 Å². The average molecular weight is 195 g/mol. The van der Waals surface area contributed by atoms with Crippen LogP contribution in [0.25, 0.3) is 0 Å². The fourth-order valence-corrected chi connectivity index (χ4v) is 1.56. The third kappa shape index (κ3) is 2.04. The molecule has 0 atom stereocenters. The van der Waals surface area contributed by atoms with Crippen molar-refractivity contribution >= 4 is 11.9 Å². The molecule has 1 aromatic heterocycles. The first-order valence-electron chi connectivity index (χ1n) is 4.83. The maximum absolute atomic E-state index is 11.6. The van der Waals surface area contributed by atoms with Gasteiger partial charge in [-0.25, -0.2) is 4.79 Å². The van der Waals surface area contributed by atoms with Gasteiger partial charge in [-0.2, -0.15) is 0 Å². The van der Waals surface area contributed by atoms with Crippen molar-refractivity contribution in [2.24, 2.45) is 0 Å². The molecule has 0 unspecified atom stereocenters. The molecule has 0 radical (unpaired) electrons. The van der Waals surface area contributed by atoms with Gasteiger partial charge in [-0.05, 0) is 19.3 Å². The van der Waals surface area contributed by atoms with Crippen LogP contribution in [-0.4, -0.2) is 29.2 Å². The summed E-state index contributed by atoms with van der Waals surface area (Å²) in [5.74, 6) is 0.403. The van der Waals surface area contributed by atoms with Gasteiger partial charge in [0.05, 0.1) is 6.20 Å². The van der Waals surface area contributed by atoms with Gasteiger partial charge in [0.25, 0.3) is 0 Å². The summed E-state index contributed by atoms with van der Waals surface area (Å²) in [6.45, 7) is 1.67. The van der Waals surface area contributed by atoms with Gasteiger partial charge in [-0.3, -0.25) is 5.32 Å². The molecule has 1 aliphatic heterocycles. The van der Waals surface area contributed by atoms with E-state index in [2.05, 4.69) is 10.5 Å². The predicted molar refractivity (Wildman–Crippen MR) is 50.9 cm³/mol. The molecule has 2 rings (SSSR count). The van der Waals surface area contributed by atoms with Gasteiger partial charge in [0.2, 0.25) is 5.88 Å². The number of rotatable bonds is 1. The molecule has 2 amide bonds. The van der Waals surface area contributed by atoms with Crippen LogP contribution in [0, 0.1) is 0 Å². The van der Waals surface area contributed by atoms with Crippen LogP contribution in [0.15, 0.2) is 16.8 Å². The lowest BCUT2D eigenvalue weighted by atomic mass is 10.1. The highest BCUT2D eigenvalue weighted by Gasteiger charge is 2.16. The molecule has 0 bridgehead atoms. The van der Waals surface area contributed by atoms with E-state index in [1.807, 2.05) is 0 Å². The molecular formula is C9H13N3O2. The monoisotopic (exact) mass is 195 g/mol. The van der Waals surface area contributed by atoms with Crippen molar-refractivity contribution in [3.05, 3.63) is 12.3 Å². The highest BCUT2D eigenvalue weighted by molar-refractivity contribution is 5.87. The lowest BCUT2D eigenvalue weighted by molar-refractivity contribution is 0.199. The molecule has 1 aromatic rings. The van der Waals surface area contributed by atoms with Crippen molar-refractivity contribution in [3.8, 4) is 0 Å². The van der Waals surface area contributed by atoms with Crippen LogP contribution in [0.1, 0.15) is 19.3 Å². The van der Waals surface area contributed by atoms with E-state index >= 15 is 0 Å². The molecule has 2 heterocycles. The summed E-state index contributed by atoms with van der Waals surface area (Å²) in [6, 6.07) is 1.53. The number of nitrogens with one attached hydrogen (secondary N) is 1. The van der Waals surface area contributed by atoms with Crippen molar-refractivity contribution < 1.29 is 9.32 Å². The lowest BCUT2D eigenvalue weighted by Crippen LogP contribution is -2.38. The molecule has 1 aliphatic rings. The summed E-state index contributed by atoms with van der Waals surface area (Å²) in [5.41, 5.74) is 0. The maximum Gasteiger partial charge on any atom is 0.324 e. The fraction of sp³-hybridized carbons (Fsp3) is 0.556. The summed E-state index contributed by atoms with van der Waals surface area (Å²) < 4.78 is 4.79. The van der Waals surface area contributed by atoms with Crippen molar-refractivity contribution in [2.45, 2.75) is 19.3 Å². The molecule has 0 aromatic carbocycles. The largest absolute Gasteiger partial charge is 0.338 e. The van der Waals surface area contributed by atoms with E-state index in [1.165, 1.54) is 12.6 Å². The molecule has 1 fully saturated rings. The Morgan fingerprint density at radius 2 is 2.21 bits per heavy atom. The molecule has 1 N–H and O–H groups in total. The number of urea groups is 1. The number of aromatic nitrogens is 1. The zero-order chi connectivity index (χ0) is 9.80. The van der Waals surface area contributed by atoms with E-state index < -0.39 is 0 Å². The van der Waals surface area contributed by atoms with Crippen LogP contribution in [0.4, 0.5) is 10.7 Å². The summed E-state index contributed by atoms with van der Waals surface area (Å²) in [5, 5.41) is 6.16. The number of carbonyl (C=O) groups excluding carboxylic acids is 1. The number of amides is 2. The molecule has 1 saturated heterocycles. The van der Waals surface area contributed by atoms with Crippen LogP contribution < -0.4 is 5.32 Å². The van der Waals surface area contributed by atoms with E-state index in [4.69, 9.17) is 4.52 Å². The highest BCUT2D eigenvalue weighted by Crippen LogP contribution is 2.11. The Morgan fingerprint density at radius 3 is 2.86 bits per heavy atom. The zero-order valence-corrected chi connectivity index (χ0v) is 7.90. The van der Waals surface area contributed by atoms with Crippen molar-refractivity contribution in [2.75, 3.05) is 18.4 Å². The molecule has 14 heavy (non-hydrogen) atoms. The van der Waals surface area contributed by atoms with Crippen LogP contribution in [0.5, 0.6) is 0 Å². The lowest BCUT2D eigenvalue weighted by Gasteiger charge is -2.26. The number of anilines is 1. The van der Waals surface area contributed by atoms with E-state index in [-0.39, 0.29) is 6.03 Å². The van der Waals surface area contributed by atoms with Gasteiger partial charge in [0.1, 0.15) is 0 Å². The first-order valence-corrected chi connectivity index (χ1v) is 4.83. The van der Waals surface area contributed by atoms with Crippen molar-refractivity contribution in [1.29, 1.82) is 0 Å². The first-order chi connectivity index (χ1) is 6.86. The molecule has 76 valence electrons. The van der Waals surface area contributed by atoms with Crippen LogP contribution in [0.2, 0.25) is 0 Å². The standard InChI is InChI=1S/C9H13N3O2/c13-9(11-8-4-5-10-14-8)12-6-2-1-3-7-12/h4-5H,1-3,6-7H2,(H,11,13). The number of hydrogen-bond donors (Lipinski definition) is 1. The summed E-state index contributed by atoms with van der Waals surface area (Å²) in [4.78, 5) is 13.4. The number of carbonyl (C=O) groups is 1. The number of piperidine rings is 1. The van der Waals surface area contributed by atoms with E-state index in [1.54, 1.807) is 11.0 Å². The predicted octanol–water partition coefficient (Wildman–Crippen LogP) is 1.69. The summed E-state index contributed by atoms with van der Waals surface area (Å²) in [7, 11) is 0. The Bertz CT molecular complexity index is 291. The molecule has 0 spiro atoms. The van der Waals surface area contributed by atoms with Crippen molar-refractivity contribution in [3.63, 3.8) is 0 Å². The van der Waals surface area contributed by atoms with E-state index in [0.29, 0.717) is 5.88 Å². The Morgan fingerprint density at radius 1 is 1.43 bits per heavy atom. The van der Waals surface area contributed by atoms with Gasteiger partial charge in [-0.15, -0.1) is 0 Å². The maximum atomic E-state index is 11.6. The van der Waals surface area contributed by atoms with Crippen LogP contribution in [0.3, 0.4) is 0 Å². The number of likely N-dealkylation sites (tertiary alicyclic amines) is 1. The van der Waals surface area contributed by atoms with E-state index in [0.717, 1.165) is 25.9 Å². The molecule has 5 heteroatoms. The highest BCUT2D eigenvalue weighted by atomic mass is 16.5. The number of nitrogens with zero attached hydrogens (tertiary/aromatic N) is 2. The summed E-state index contributed by atoms with van der Waals surface area (Å²) >= 11 is 0. The Balaban J connectivity index is 1.88. The smallest absolute Gasteiger partial charge is 0.324 e. The second kappa shape index (κ2) is 4.13. The van der Waals surface area contributed by atoms with Gasteiger partial charge < -0.3 is 9.42 Å². The minimum absolute atomic E-state index is 0.0959. The third-order valence-electron chi connectivity index (χ3n) is 2.31. The Kier molecular flexibility index (Phi) is 2.67. The molecule has 0 aliphatic carbocycles. The average Bonchev–Trinajstić information content (AvgIpc) is 2.72. The van der Waals surface area contributed by atoms with Gasteiger partial charge >= 0.3 is 6.03 Å². The zero-order valence-electron chi connectivity index (χ0n) is 7.90. The van der Waals surface area contributed by atoms with E-state index in [9.17, 15) is 4.79 Å². The molecular weight excluding hydrogens is 182 g/mol. The second-order valence-corrected chi connectivity index (χ2v) is 3.35. The minimum atomic E-state index is -0.0959. The fourth-order valence-electron chi connectivity index (χ4n) is 1.56. The summed E-state index contributed by atoms with van der Waals surface area (Å²) in [6.07, 6.45) is 4.89. The van der Waals surface area contributed by atoms with Crippen LogP contribution in [-0.2, 0) is 0 Å². The Hall–Kier alpha value is -1.52. The van der Waals surface area contributed by atoms with Crippen LogP contribution >= 0.6 is 0 Å². The normalized spacial score (nSPS) is 16.7. The third-order valence-corrected chi connectivity index (χ3v) is 2.31. The molecule has 5 nitrogen and oxygen atoms in total. The molecule has 0 saturated carbocycles. The second-order valence-electron chi connectivity index (χ2n) is 3.35. The van der Waals surface area contributed by atoms with Gasteiger partial charge in [0, 0.05) is 19.2 Å². The van der Waals surface area contributed by atoms with Gasteiger partial charge in [-0.1, -0.05) is 5.16 Å². The topological polar surface area (TPSA) is 58.4 Å². The number of hydrogen-bond acceptors (Lipinski definition) is 3. The minimum Gasteiger partial charge on any atom is -0.338 e. The SMILES string of the molecule is O=C(Nc1ccno1)N1CCCCC1.